The largest absolute Gasteiger partial charge is 0.388 e. The molecule has 0 aliphatic rings. The predicted molar refractivity (Wildman–Crippen MR) is 75.6 cm³/mol. The van der Waals surface area contributed by atoms with Crippen LogP contribution in [0.5, 0.6) is 0 Å². The van der Waals surface area contributed by atoms with Gasteiger partial charge in [0.05, 0.1) is 6.10 Å². The lowest BCUT2D eigenvalue weighted by molar-refractivity contribution is 0.0999. The van der Waals surface area contributed by atoms with Gasteiger partial charge in [0.15, 0.2) is 0 Å². The van der Waals surface area contributed by atoms with Crippen molar-refractivity contribution in [3.05, 3.63) is 71.0 Å². The Morgan fingerprint density at radius 2 is 1.68 bits per heavy atom. The van der Waals surface area contributed by atoms with Gasteiger partial charge in [-0.05, 0) is 35.7 Å². The first-order valence-corrected chi connectivity index (χ1v) is 6.42. The van der Waals surface area contributed by atoms with Crippen LogP contribution < -0.4 is 0 Å². The smallest absolute Gasteiger partial charge is 0.123 e. The van der Waals surface area contributed by atoms with Gasteiger partial charge in [-0.1, -0.05) is 50.2 Å². The lowest BCUT2D eigenvalue weighted by atomic mass is 9.76. The van der Waals surface area contributed by atoms with Crippen molar-refractivity contribution in [1.29, 1.82) is 0 Å². The summed E-state index contributed by atoms with van der Waals surface area (Å²) in [7, 11) is 0. The van der Waals surface area contributed by atoms with E-state index < -0.39 is 11.5 Å². The van der Waals surface area contributed by atoms with Crippen LogP contribution in [0.4, 0.5) is 4.39 Å². The maximum Gasteiger partial charge on any atom is 0.123 e. The van der Waals surface area contributed by atoms with E-state index in [1.54, 1.807) is 0 Å². The van der Waals surface area contributed by atoms with Gasteiger partial charge in [0.1, 0.15) is 5.82 Å². The number of benzene rings is 2. The fourth-order valence-corrected chi connectivity index (χ4v) is 2.36. The Morgan fingerprint density at radius 1 is 1.05 bits per heavy atom. The van der Waals surface area contributed by atoms with E-state index in [4.69, 9.17) is 0 Å². The highest BCUT2D eigenvalue weighted by Gasteiger charge is 2.31. The summed E-state index contributed by atoms with van der Waals surface area (Å²) in [5.41, 5.74) is 2.00. The van der Waals surface area contributed by atoms with E-state index >= 15 is 0 Å². The van der Waals surface area contributed by atoms with Crippen LogP contribution in [0.3, 0.4) is 0 Å². The molecule has 1 unspecified atom stereocenters. The van der Waals surface area contributed by atoms with Gasteiger partial charge in [-0.2, -0.15) is 0 Å². The van der Waals surface area contributed by atoms with Gasteiger partial charge in [-0.15, -0.1) is 0 Å². The molecular weight excluding hydrogens is 239 g/mol. The van der Waals surface area contributed by atoms with Crippen LogP contribution in [0.1, 0.15) is 36.6 Å². The Balaban J connectivity index is 2.40. The maximum absolute atomic E-state index is 13.5. The molecule has 19 heavy (non-hydrogen) atoms. The van der Waals surface area contributed by atoms with Gasteiger partial charge in [0.25, 0.3) is 0 Å². The van der Waals surface area contributed by atoms with Crippen molar-refractivity contribution in [2.24, 2.45) is 0 Å². The molecule has 2 aromatic rings. The van der Waals surface area contributed by atoms with Crippen molar-refractivity contribution < 1.29 is 9.50 Å². The predicted octanol–water partition coefficient (Wildman–Crippen LogP) is 4.15. The molecule has 2 rings (SSSR count). The third-order valence-corrected chi connectivity index (χ3v) is 3.58. The minimum absolute atomic E-state index is 0.307. The van der Waals surface area contributed by atoms with E-state index in [9.17, 15) is 9.50 Å². The fraction of sp³-hybridized carbons (Fsp3) is 0.294. The molecule has 0 aliphatic heterocycles. The molecule has 0 aliphatic carbocycles. The van der Waals surface area contributed by atoms with Gasteiger partial charge < -0.3 is 5.11 Å². The molecule has 1 nitrogen and oxygen atoms in total. The molecular formula is C17H19FO. The van der Waals surface area contributed by atoms with E-state index in [1.165, 1.54) is 12.1 Å². The topological polar surface area (TPSA) is 20.2 Å². The summed E-state index contributed by atoms with van der Waals surface area (Å²) in [5, 5.41) is 10.6. The summed E-state index contributed by atoms with van der Waals surface area (Å²) in [5.74, 6) is -0.307. The molecule has 100 valence electrons. The second-order valence-electron chi connectivity index (χ2n) is 5.55. The van der Waals surface area contributed by atoms with Crippen LogP contribution in [0.2, 0.25) is 0 Å². The van der Waals surface area contributed by atoms with Gasteiger partial charge in [0.2, 0.25) is 0 Å². The quantitative estimate of drug-likeness (QED) is 0.877. The van der Waals surface area contributed by atoms with Crippen LogP contribution >= 0.6 is 0 Å². The van der Waals surface area contributed by atoms with E-state index in [0.29, 0.717) is 5.56 Å². The first kappa shape index (κ1) is 13.8. The number of aryl methyl sites for hydroxylation is 1. The Bertz CT molecular complexity index is 540. The summed E-state index contributed by atoms with van der Waals surface area (Å²) in [6.07, 6.45) is -0.746. The lowest BCUT2D eigenvalue weighted by Gasteiger charge is -2.31. The first-order valence-electron chi connectivity index (χ1n) is 6.42. The van der Waals surface area contributed by atoms with Crippen LogP contribution in [0, 0.1) is 12.7 Å². The third-order valence-electron chi connectivity index (χ3n) is 3.58. The molecule has 0 amide bonds. The first-order chi connectivity index (χ1) is 8.91. The highest BCUT2D eigenvalue weighted by molar-refractivity contribution is 5.32. The number of hydrogen-bond acceptors (Lipinski definition) is 1. The van der Waals surface area contributed by atoms with Crippen LogP contribution in [-0.2, 0) is 5.41 Å². The zero-order chi connectivity index (χ0) is 14.0. The molecule has 0 saturated heterocycles. The van der Waals surface area contributed by atoms with Crippen molar-refractivity contribution in [2.45, 2.75) is 32.3 Å². The van der Waals surface area contributed by atoms with E-state index in [1.807, 2.05) is 57.2 Å². The average Bonchev–Trinajstić information content (AvgIpc) is 2.37. The zero-order valence-electron chi connectivity index (χ0n) is 11.5. The summed E-state index contributed by atoms with van der Waals surface area (Å²) < 4.78 is 13.5. The summed E-state index contributed by atoms with van der Waals surface area (Å²) >= 11 is 0. The summed E-state index contributed by atoms with van der Waals surface area (Å²) in [6, 6.07) is 14.5. The van der Waals surface area contributed by atoms with Gasteiger partial charge >= 0.3 is 0 Å². The molecule has 0 bridgehead atoms. The Kier molecular flexibility index (Phi) is 3.72. The molecule has 1 N–H and O–H groups in total. The van der Waals surface area contributed by atoms with E-state index in [2.05, 4.69) is 0 Å². The van der Waals surface area contributed by atoms with Gasteiger partial charge in [0, 0.05) is 5.41 Å². The minimum atomic E-state index is -0.746. The molecule has 2 aromatic carbocycles. The molecule has 0 heterocycles. The lowest BCUT2D eigenvalue weighted by Crippen LogP contribution is -2.26. The average molecular weight is 258 g/mol. The van der Waals surface area contributed by atoms with E-state index in [0.717, 1.165) is 11.1 Å². The van der Waals surface area contributed by atoms with Crippen molar-refractivity contribution >= 4 is 0 Å². The normalized spacial score (nSPS) is 13.3. The number of hydrogen-bond donors (Lipinski definition) is 1. The standard InChI is InChI=1S/C17H19FO/c1-12-9-13(11-15(18)10-12)16(19)17(2,3)14-7-5-4-6-8-14/h4-11,16,19H,1-3H3. The number of aliphatic hydroxyl groups is 1. The summed E-state index contributed by atoms with van der Waals surface area (Å²) in [6.45, 7) is 5.76. The molecule has 0 fully saturated rings. The molecule has 0 spiro atoms. The highest BCUT2D eigenvalue weighted by Crippen LogP contribution is 2.37. The zero-order valence-corrected chi connectivity index (χ0v) is 11.5. The molecule has 0 radical (unpaired) electrons. The van der Waals surface area contributed by atoms with Crippen molar-refractivity contribution in [3.8, 4) is 0 Å². The third kappa shape index (κ3) is 2.85. The number of rotatable bonds is 3. The van der Waals surface area contributed by atoms with E-state index in [-0.39, 0.29) is 5.82 Å². The Labute approximate surface area is 113 Å². The number of aliphatic hydroxyl groups excluding tert-OH is 1. The second kappa shape index (κ2) is 5.14. The van der Waals surface area contributed by atoms with Crippen LogP contribution in [0.15, 0.2) is 48.5 Å². The monoisotopic (exact) mass is 258 g/mol. The number of halogens is 1. The molecule has 1 atom stereocenters. The highest BCUT2D eigenvalue weighted by atomic mass is 19.1. The SMILES string of the molecule is Cc1cc(F)cc(C(O)C(C)(C)c2ccccc2)c1. The van der Waals surface area contributed by atoms with Crippen LogP contribution in [-0.4, -0.2) is 5.11 Å². The van der Waals surface area contributed by atoms with Crippen molar-refractivity contribution in [2.75, 3.05) is 0 Å². The van der Waals surface area contributed by atoms with Gasteiger partial charge in [-0.3, -0.25) is 0 Å². The maximum atomic E-state index is 13.5. The molecule has 2 heteroatoms. The minimum Gasteiger partial charge on any atom is -0.388 e. The van der Waals surface area contributed by atoms with Crippen molar-refractivity contribution in [1.82, 2.24) is 0 Å². The Morgan fingerprint density at radius 3 is 2.26 bits per heavy atom. The van der Waals surface area contributed by atoms with Crippen molar-refractivity contribution in [3.63, 3.8) is 0 Å². The Hall–Kier alpha value is -1.67. The van der Waals surface area contributed by atoms with Crippen LogP contribution in [0.25, 0.3) is 0 Å². The molecule has 0 aromatic heterocycles. The second-order valence-corrected chi connectivity index (χ2v) is 5.55. The van der Waals surface area contributed by atoms with Gasteiger partial charge in [-0.25, -0.2) is 4.39 Å². The fourth-order valence-electron chi connectivity index (χ4n) is 2.36. The summed E-state index contributed by atoms with van der Waals surface area (Å²) in [4.78, 5) is 0. The molecule has 0 saturated carbocycles.